The Morgan fingerprint density at radius 3 is 2.62 bits per heavy atom. The molecule has 2 aliphatic carbocycles. The Morgan fingerprint density at radius 1 is 1.10 bits per heavy atom. The van der Waals surface area contributed by atoms with Crippen LogP contribution < -0.4 is 5.32 Å². The normalized spacial score (nSPS) is 24.1. The molecule has 0 bridgehead atoms. The van der Waals surface area contributed by atoms with Crippen LogP contribution in [-0.4, -0.2) is 23.6 Å². The minimum absolute atomic E-state index is 0.616. The van der Waals surface area contributed by atoms with E-state index in [4.69, 9.17) is 9.97 Å². The molecule has 0 amide bonds. The zero-order chi connectivity index (χ0) is 14.5. The van der Waals surface area contributed by atoms with Crippen LogP contribution in [0.4, 0.5) is 0 Å². The Morgan fingerprint density at radius 2 is 1.86 bits per heavy atom. The summed E-state index contributed by atoms with van der Waals surface area (Å²) in [5.74, 6) is 2.52. The SMILES string of the molecule is CNCC1CCc2nc(C3CCCCCCC3)ncc2C1. The molecule has 0 radical (unpaired) electrons. The first-order chi connectivity index (χ1) is 10.4. The van der Waals surface area contributed by atoms with Gasteiger partial charge in [0.1, 0.15) is 5.82 Å². The molecular formula is C18H29N3. The van der Waals surface area contributed by atoms with Gasteiger partial charge in [0, 0.05) is 17.8 Å². The lowest BCUT2D eigenvalue weighted by atomic mass is 9.86. The minimum atomic E-state index is 0.616. The smallest absolute Gasteiger partial charge is 0.131 e. The average molecular weight is 287 g/mol. The van der Waals surface area contributed by atoms with Gasteiger partial charge in [0.05, 0.1) is 0 Å². The first-order valence-electron chi connectivity index (χ1n) is 8.86. The van der Waals surface area contributed by atoms with Crippen molar-refractivity contribution in [2.75, 3.05) is 13.6 Å². The van der Waals surface area contributed by atoms with Crippen molar-refractivity contribution >= 4 is 0 Å². The second-order valence-corrected chi connectivity index (χ2v) is 6.91. The van der Waals surface area contributed by atoms with Crippen LogP contribution in [0.2, 0.25) is 0 Å². The van der Waals surface area contributed by atoms with Gasteiger partial charge < -0.3 is 5.32 Å². The minimum Gasteiger partial charge on any atom is -0.319 e. The number of fused-ring (bicyclic) bond motifs is 1. The molecule has 0 saturated heterocycles. The van der Waals surface area contributed by atoms with Crippen molar-refractivity contribution in [2.45, 2.75) is 70.1 Å². The number of nitrogens with zero attached hydrogens (tertiary/aromatic N) is 2. The lowest BCUT2D eigenvalue weighted by Gasteiger charge is -2.25. The van der Waals surface area contributed by atoms with Crippen LogP contribution in [0.15, 0.2) is 6.20 Å². The molecule has 3 rings (SSSR count). The highest BCUT2D eigenvalue weighted by Gasteiger charge is 2.22. The molecule has 3 nitrogen and oxygen atoms in total. The molecule has 0 spiro atoms. The topological polar surface area (TPSA) is 37.8 Å². The van der Waals surface area contributed by atoms with Gasteiger partial charge in [-0.25, -0.2) is 9.97 Å². The highest BCUT2D eigenvalue weighted by Crippen LogP contribution is 2.30. The molecule has 1 aromatic rings. The van der Waals surface area contributed by atoms with E-state index in [1.54, 1.807) is 0 Å². The molecule has 1 fully saturated rings. The van der Waals surface area contributed by atoms with E-state index >= 15 is 0 Å². The molecule has 116 valence electrons. The van der Waals surface area contributed by atoms with Crippen molar-refractivity contribution in [3.8, 4) is 0 Å². The first kappa shape index (κ1) is 15.0. The number of rotatable bonds is 3. The molecule has 1 atom stereocenters. The quantitative estimate of drug-likeness (QED) is 0.922. The molecule has 1 saturated carbocycles. The molecule has 1 N–H and O–H groups in total. The van der Waals surface area contributed by atoms with E-state index in [1.807, 2.05) is 7.05 Å². The van der Waals surface area contributed by atoms with Gasteiger partial charge in [-0.05, 0) is 57.2 Å². The van der Waals surface area contributed by atoms with Crippen LogP contribution in [0.1, 0.15) is 74.4 Å². The second-order valence-electron chi connectivity index (χ2n) is 6.91. The number of hydrogen-bond donors (Lipinski definition) is 1. The van der Waals surface area contributed by atoms with Gasteiger partial charge in [-0.15, -0.1) is 0 Å². The van der Waals surface area contributed by atoms with Crippen LogP contribution in [0.3, 0.4) is 0 Å². The number of aromatic nitrogens is 2. The third-order valence-electron chi connectivity index (χ3n) is 5.23. The van der Waals surface area contributed by atoms with Gasteiger partial charge in [0.15, 0.2) is 0 Å². The lowest BCUT2D eigenvalue weighted by Crippen LogP contribution is -2.26. The molecule has 1 aromatic heterocycles. The maximum atomic E-state index is 4.97. The summed E-state index contributed by atoms with van der Waals surface area (Å²) >= 11 is 0. The summed E-state index contributed by atoms with van der Waals surface area (Å²) in [6, 6.07) is 0. The van der Waals surface area contributed by atoms with E-state index in [0.29, 0.717) is 5.92 Å². The van der Waals surface area contributed by atoms with Crippen molar-refractivity contribution in [3.05, 3.63) is 23.3 Å². The Balaban J connectivity index is 1.70. The molecule has 2 aliphatic rings. The van der Waals surface area contributed by atoms with E-state index < -0.39 is 0 Å². The van der Waals surface area contributed by atoms with Crippen LogP contribution in [0.5, 0.6) is 0 Å². The molecule has 21 heavy (non-hydrogen) atoms. The summed E-state index contributed by atoms with van der Waals surface area (Å²) in [5, 5.41) is 3.30. The fourth-order valence-corrected chi connectivity index (χ4v) is 3.97. The zero-order valence-electron chi connectivity index (χ0n) is 13.4. The van der Waals surface area contributed by atoms with Crippen LogP contribution in [0, 0.1) is 5.92 Å². The third-order valence-corrected chi connectivity index (χ3v) is 5.23. The van der Waals surface area contributed by atoms with E-state index in [-0.39, 0.29) is 0 Å². The summed E-state index contributed by atoms with van der Waals surface area (Å²) in [6.45, 7) is 1.11. The Bertz CT molecular complexity index is 450. The van der Waals surface area contributed by atoms with E-state index in [0.717, 1.165) is 31.1 Å². The molecule has 3 heteroatoms. The Kier molecular flexibility index (Phi) is 5.23. The molecule has 0 aromatic carbocycles. The van der Waals surface area contributed by atoms with E-state index in [9.17, 15) is 0 Å². The van der Waals surface area contributed by atoms with Crippen molar-refractivity contribution in [1.82, 2.24) is 15.3 Å². The average Bonchev–Trinajstić information content (AvgIpc) is 2.47. The lowest BCUT2D eigenvalue weighted by molar-refractivity contribution is 0.421. The third kappa shape index (κ3) is 3.82. The van der Waals surface area contributed by atoms with Gasteiger partial charge in [-0.2, -0.15) is 0 Å². The maximum absolute atomic E-state index is 4.97. The van der Waals surface area contributed by atoms with Gasteiger partial charge in [0.2, 0.25) is 0 Å². The van der Waals surface area contributed by atoms with Crippen molar-refractivity contribution < 1.29 is 0 Å². The summed E-state index contributed by atoms with van der Waals surface area (Å²) in [6.07, 6.45) is 15.2. The van der Waals surface area contributed by atoms with E-state index in [2.05, 4.69) is 11.5 Å². The fourth-order valence-electron chi connectivity index (χ4n) is 3.97. The Hall–Kier alpha value is -0.960. The van der Waals surface area contributed by atoms with Gasteiger partial charge in [-0.3, -0.25) is 0 Å². The van der Waals surface area contributed by atoms with Crippen LogP contribution in [-0.2, 0) is 12.8 Å². The van der Waals surface area contributed by atoms with Gasteiger partial charge >= 0.3 is 0 Å². The summed E-state index contributed by atoms with van der Waals surface area (Å²) in [4.78, 5) is 9.72. The predicted molar refractivity (Wildman–Crippen MR) is 86.5 cm³/mol. The fraction of sp³-hybridized carbons (Fsp3) is 0.778. The highest BCUT2D eigenvalue weighted by atomic mass is 14.9. The second kappa shape index (κ2) is 7.35. The number of aryl methyl sites for hydroxylation is 1. The van der Waals surface area contributed by atoms with Crippen LogP contribution in [0.25, 0.3) is 0 Å². The predicted octanol–water partition coefficient (Wildman–Crippen LogP) is 3.63. The highest BCUT2D eigenvalue weighted by molar-refractivity contribution is 5.22. The first-order valence-corrected chi connectivity index (χ1v) is 8.86. The maximum Gasteiger partial charge on any atom is 0.131 e. The summed E-state index contributed by atoms with van der Waals surface area (Å²) in [5.41, 5.74) is 2.74. The number of nitrogens with one attached hydrogen (secondary N) is 1. The summed E-state index contributed by atoms with van der Waals surface area (Å²) in [7, 11) is 2.05. The van der Waals surface area contributed by atoms with E-state index in [1.165, 1.54) is 62.6 Å². The Labute approximate surface area is 129 Å². The van der Waals surface area contributed by atoms with Crippen LogP contribution >= 0.6 is 0 Å². The molecule has 1 heterocycles. The van der Waals surface area contributed by atoms with Crippen molar-refractivity contribution in [3.63, 3.8) is 0 Å². The number of hydrogen-bond acceptors (Lipinski definition) is 3. The van der Waals surface area contributed by atoms with Crippen molar-refractivity contribution in [2.24, 2.45) is 5.92 Å². The summed E-state index contributed by atoms with van der Waals surface area (Å²) < 4.78 is 0. The standard InChI is InChI=1S/C18H29N3/c1-19-12-14-9-10-17-16(11-14)13-20-18(21-17)15-7-5-3-2-4-6-8-15/h13-15,19H,2-12H2,1H3. The van der Waals surface area contributed by atoms with Gasteiger partial charge in [-0.1, -0.05) is 32.1 Å². The zero-order valence-corrected chi connectivity index (χ0v) is 13.4. The molecule has 1 unspecified atom stereocenters. The monoisotopic (exact) mass is 287 g/mol. The molecule has 0 aliphatic heterocycles. The van der Waals surface area contributed by atoms with Gasteiger partial charge in [0.25, 0.3) is 0 Å². The molecular weight excluding hydrogens is 258 g/mol. The largest absolute Gasteiger partial charge is 0.319 e. The van der Waals surface area contributed by atoms with Crippen molar-refractivity contribution in [1.29, 1.82) is 0 Å².